The maximum absolute atomic E-state index is 13.0. The predicted octanol–water partition coefficient (Wildman–Crippen LogP) is 4.40. The van der Waals surface area contributed by atoms with E-state index in [0.29, 0.717) is 6.54 Å². The number of benzene rings is 2. The molecular weight excluding hydrogens is 304 g/mol. The molecule has 0 saturated heterocycles. The molecule has 4 heteroatoms. The summed E-state index contributed by atoms with van der Waals surface area (Å²) in [7, 11) is 0. The summed E-state index contributed by atoms with van der Waals surface area (Å²) in [5, 5.41) is 3.50. The van der Waals surface area contributed by atoms with E-state index in [0.717, 1.165) is 22.7 Å². The average molecular weight is 326 g/mol. The summed E-state index contributed by atoms with van der Waals surface area (Å²) in [6, 6.07) is 16.0. The van der Waals surface area contributed by atoms with Crippen LogP contribution in [0.15, 0.2) is 48.5 Å². The van der Waals surface area contributed by atoms with E-state index >= 15 is 0 Å². The van der Waals surface area contributed by atoms with Gasteiger partial charge in [0, 0.05) is 23.4 Å². The van der Waals surface area contributed by atoms with Crippen LogP contribution in [0.1, 0.15) is 29.8 Å². The molecule has 1 amide bonds. The summed E-state index contributed by atoms with van der Waals surface area (Å²) in [6.45, 7) is 4.88. The van der Waals surface area contributed by atoms with Crippen LogP contribution in [0.4, 0.5) is 11.4 Å². The lowest BCUT2D eigenvalue weighted by molar-refractivity contribution is 0.0981. The van der Waals surface area contributed by atoms with Crippen molar-refractivity contribution in [1.29, 1.82) is 0 Å². The van der Waals surface area contributed by atoms with E-state index in [9.17, 15) is 4.79 Å². The third-order valence-electron chi connectivity index (χ3n) is 3.98. The number of para-hydroxylation sites is 2. The maximum Gasteiger partial charge on any atom is 0.258 e. The van der Waals surface area contributed by atoms with Gasteiger partial charge in [0.2, 0.25) is 0 Å². The number of hydrogen-bond acceptors (Lipinski definition) is 3. The fourth-order valence-electron chi connectivity index (χ4n) is 2.95. The third kappa shape index (κ3) is 3.37. The van der Waals surface area contributed by atoms with E-state index in [1.165, 1.54) is 5.56 Å². The Morgan fingerprint density at radius 2 is 1.87 bits per heavy atom. The van der Waals surface area contributed by atoms with Crippen LogP contribution >= 0.6 is 11.8 Å². The topological polar surface area (TPSA) is 32.3 Å². The molecule has 120 valence electrons. The molecule has 0 bridgehead atoms. The van der Waals surface area contributed by atoms with Crippen molar-refractivity contribution in [2.24, 2.45) is 0 Å². The normalized spacial score (nSPS) is 15.7. The van der Waals surface area contributed by atoms with Gasteiger partial charge in [-0.2, -0.15) is 11.8 Å². The molecule has 0 unspecified atom stereocenters. The standard InChI is InChI=1S/C19H22N2OS/c1-19(2)13-21(17-7-5-4-6-16(17)20-19)18(22)15-10-8-14(9-11-15)12-23-3/h4-11,20H,12-13H2,1-3H3. The van der Waals surface area contributed by atoms with Crippen LogP contribution < -0.4 is 10.2 Å². The van der Waals surface area contributed by atoms with Crippen LogP contribution in [0, 0.1) is 0 Å². The number of fused-ring (bicyclic) bond motifs is 1. The third-order valence-corrected chi connectivity index (χ3v) is 4.60. The van der Waals surface area contributed by atoms with Crippen molar-refractivity contribution in [1.82, 2.24) is 0 Å². The monoisotopic (exact) mass is 326 g/mol. The van der Waals surface area contributed by atoms with Gasteiger partial charge < -0.3 is 10.2 Å². The Morgan fingerprint density at radius 1 is 1.17 bits per heavy atom. The maximum atomic E-state index is 13.0. The molecule has 0 aromatic heterocycles. The van der Waals surface area contributed by atoms with Crippen molar-refractivity contribution < 1.29 is 4.79 Å². The Hall–Kier alpha value is -1.94. The van der Waals surface area contributed by atoms with E-state index in [4.69, 9.17) is 0 Å². The molecule has 1 N–H and O–H groups in total. The molecule has 0 atom stereocenters. The van der Waals surface area contributed by atoms with Crippen LogP contribution in [0.5, 0.6) is 0 Å². The lowest BCUT2D eigenvalue weighted by atomic mass is 9.98. The van der Waals surface area contributed by atoms with Crippen molar-refractivity contribution in [3.8, 4) is 0 Å². The highest BCUT2D eigenvalue weighted by Gasteiger charge is 2.32. The lowest BCUT2D eigenvalue weighted by Gasteiger charge is -2.40. The highest BCUT2D eigenvalue weighted by molar-refractivity contribution is 7.97. The molecule has 1 aliphatic rings. The van der Waals surface area contributed by atoms with Crippen LogP contribution in [-0.2, 0) is 5.75 Å². The second kappa shape index (κ2) is 6.28. The molecule has 3 rings (SSSR count). The highest BCUT2D eigenvalue weighted by Crippen LogP contribution is 2.35. The first-order valence-electron chi connectivity index (χ1n) is 7.77. The summed E-state index contributed by atoms with van der Waals surface area (Å²) >= 11 is 1.78. The van der Waals surface area contributed by atoms with Crippen molar-refractivity contribution in [2.75, 3.05) is 23.0 Å². The van der Waals surface area contributed by atoms with E-state index < -0.39 is 0 Å². The first-order valence-corrected chi connectivity index (χ1v) is 9.16. The molecule has 1 aliphatic heterocycles. The van der Waals surface area contributed by atoms with Crippen LogP contribution in [0.25, 0.3) is 0 Å². The smallest absolute Gasteiger partial charge is 0.258 e. The number of hydrogen-bond donors (Lipinski definition) is 1. The zero-order valence-electron chi connectivity index (χ0n) is 13.8. The molecule has 0 radical (unpaired) electrons. The molecule has 0 fully saturated rings. The Morgan fingerprint density at radius 3 is 2.57 bits per heavy atom. The van der Waals surface area contributed by atoms with Crippen molar-refractivity contribution in [2.45, 2.75) is 25.1 Å². The SMILES string of the molecule is CSCc1ccc(C(=O)N2CC(C)(C)Nc3ccccc32)cc1. The van der Waals surface area contributed by atoms with Gasteiger partial charge in [0.15, 0.2) is 0 Å². The molecular formula is C19H22N2OS. The van der Waals surface area contributed by atoms with Gasteiger partial charge in [0.1, 0.15) is 0 Å². The van der Waals surface area contributed by atoms with Gasteiger partial charge in [0.05, 0.1) is 11.4 Å². The molecule has 2 aromatic rings. The molecule has 2 aromatic carbocycles. The minimum atomic E-state index is -0.150. The molecule has 1 heterocycles. The first kappa shape index (κ1) is 15.9. The van der Waals surface area contributed by atoms with Crippen molar-refractivity contribution in [3.05, 3.63) is 59.7 Å². The zero-order valence-corrected chi connectivity index (χ0v) is 14.6. The van der Waals surface area contributed by atoms with Gasteiger partial charge in [0.25, 0.3) is 5.91 Å². The average Bonchev–Trinajstić information content (AvgIpc) is 2.53. The Bertz CT molecular complexity index is 710. The Balaban J connectivity index is 1.92. The van der Waals surface area contributed by atoms with Crippen molar-refractivity contribution >= 4 is 29.0 Å². The van der Waals surface area contributed by atoms with Gasteiger partial charge in [-0.3, -0.25) is 4.79 Å². The number of carbonyl (C=O) groups is 1. The number of nitrogens with zero attached hydrogens (tertiary/aromatic N) is 1. The molecule has 0 spiro atoms. The number of anilines is 2. The van der Waals surface area contributed by atoms with E-state index in [2.05, 4.69) is 25.4 Å². The first-order chi connectivity index (χ1) is 11.0. The fraction of sp³-hybridized carbons (Fsp3) is 0.316. The number of nitrogens with one attached hydrogen (secondary N) is 1. The number of carbonyl (C=O) groups excluding carboxylic acids is 1. The van der Waals surface area contributed by atoms with Gasteiger partial charge >= 0.3 is 0 Å². The van der Waals surface area contributed by atoms with E-state index in [1.807, 2.05) is 53.4 Å². The quantitative estimate of drug-likeness (QED) is 0.907. The van der Waals surface area contributed by atoms with E-state index in [-0.39, 0.29) is 11.4 Å². The van der Waals surface area contributed by atoms with Gasteiger partial charge in [-0.15, -0.1) is 0 Å². The summed E-state index contributed by atoms with van der Waals surface area (Å²) in [4.78, 5) is 14.9. The van der Waals surface area contributed by atoms with Crippen LogP contribution in [-0.4, -0.2) is 24.2 Å². The molecule has 0 saturated carbocycles. The Labute approximate surface area is 142 Å². The summed E-state index contributed by atoms with van der Waals surface area (Å²) in [5.41, 5.74) is 3.79. The molecule has 3 nitrogen and oxygen atoms in total. The van der Waals surface area contributed by atoms with Gasteiger partial charge in [-0.25, -0.2) is 0 Å². The van der Waals surface area contributed by atoms with Gasteiger partial charge in [-0.05, 0) is 49.9 Å². The molecule has 23 heavy (non-hydrogen) atoms. The summed E-state index contributed by atoms with van der Waals surface area (Å²) < 4.78 is 0. The van der Waals surface area contributed by atoms with Crippen molar-refractivity contribution in [3.63, 3.8) is 0 Å². The Kier molecular flexibility index (Phi) is 4.35. The fourth-order valence-corrected chi connectivity index (χ4v) is 3.47. The van der Waals surface area contributed by atoms with Crippen LogP contribution in [0.2, 0.25) is 0 Å². The number of amides is 1. The minimum absolute atomic E-state index is 0.0581. The summed E-state index contributed by atoms with van der Waals surface area (Å²) in [5.74, 6) is 1.03. The minimum Gasteiger partial charge on any atom is -0.377 e. The predicted molar refractivity (Wildman–Crippen MR) is 99.5 cm³/mol. The molecule has 0 aliphatic carbocycles. The lowest BCUT2D eigenvalue weighted by Crippen LogP contribution is -2.50. The van der Waals surface area contributed by atoms with E-state index in [1.54, 1.807) is 11.8 Å². The highest BCUT2D eigenvalue weighted by atomic mass is 32.2. The number of rotatable bonds is 3. The largest absolute Gasteiger partial charge is 0.377 e. The summed E-state index contributed by atoms with van der Waals surface area (Å²) in [6.07, 6.45) is 2.08. The number of thioether (sulfide) groups is 1. The zero-order chi connectivity index (χ0) is 16.4. The second-order valence-electron chi connectivity index (χ2n) is 6.55. The second-order valence-corrected chi connectivity index (χ2v) is 7.41. The van der Waals surface area contributed by atoms with Gasteiger partial charge in [-0.1, -0.05) is 24.3 Å². The van der Waals surface area contributed by atoms with Crippen LogP contribution in [0.3, 0.4) is 0 Å².